The van der Waals surface area contributed by atoms with E-state index >= 15 is 0 Å². The van der Waals surface area contributed by atoms with Crippen molar-refractivity contribution in [3.8, 4) is 0 Å². The SMILES string of the molecule is NC(/C=C(\NCC1C=CC=C(c2ccccc2)C1)c1ccccc1)C1C=CC(N2C3=c4ccccc4=C4C=Cc5ccccc5C4C3c3ccccc32)=CC1. The second-order valence-electron chi connectivity index (χ2n) is 15.4. The van der Waals surface area contributed by atoms with Gasteiger partial charge in [-0.25, -0.2) is 0 Å². The highest BCUT2D eigenvalue weighted by Crippen LogP contribution is 2.57. The number of para-hydroxylation sites is 1. The maximum Gasteiger partial charge on any atom is 0.0497 e. The Hall–Kier alpha value is -6.16. The van der Waals surface area contributed by atoms with E-state index in [9.17, 15) is 0 Å². The molecule has 10 rings (SSSR count). The molecule has 0 aromatic heterocycles. The van der Waals surface area contributed by atoms with Crippen molar-refractivity contribution < 1.29 is 0 Å². The number of nitrogens with one attached hydrogen (secondary N) is 1. The molecule has 5 unspecified atom stereocenters. The largest absolute Gasteiger partial charge is 0.384 e. The highest BCUT2D eigenvalue weighted by atomic mass is 15.2. The lowest BCUT2D eigenvalue weighted by Gasteiger charge is -2.36. The van der Waals surface area contributed by atoms with Crippen LogP contribution in [0.4, 0.5) is 5.69 Å². The van der Waals surface area contributed by atoms with Crippen LogP contribution in [-0.4, -0.2) is 12.6 Å². The van der Waals surface area contributed by atoms with Gasteiger partial charge in [-0.1, -0.05) is 170 Å². The first-order chi connectivity index (χ1) is 27.2. The lowest BCUT2D eigenvalue weighted by Crippen LogP contribution is -2.41. The number of allylic oxidation sites excluding steroid dienone is 6. The molecular formula is C52H45N3. The maximum atomic E-state index is 7.11. The third-order valence-corrected chi connectivity index (χ3v) is 12.2. The molecule has 55 heavy (non-hydrogen) atoms. The Balaban J connectivity index is 0.940. The molecule has 0 radical (unpaired) electrons. The summed E-state index contributed by atoms with van der Waals surface area (Å²) in [5.74, 6) is 1.05. The Morgan fingerprint density at radius 2 is 1.45 bits per heavy atom. The van der Waals surface area contributed by atoms with Crippen LogP contribution in [-0.2, 0) is 0 Å². The molecule has 0 spiro atoms. The highest BCUT2D eigenvalue weighted by Gasteiger charge is 2.45. The van der Waals surface area contributed by atoms with E-state index in [1.165, 1.54) is 60.9 Å². The molecule has 0 fully saturated rings. The molecule has 0 saturated carbocycles. The summed E-state index contributed by atoms with van der Waals surface area (Å²) in [6.07, 6.45) is 22.7. The molecule has 4 aliphatic carbocycles. The molecule has 1 aliphatic heterocycles. The molecule has 0 amide bonds. The van der Waals surface area contributed by atoms with Gasteiger partial charge in [0.15, 0.2) is 0 Å². The van der Waals surface area contributed by atoms with Crippen molar-refractivity contribution in [1.29, 1.82) is 0 Å². The van der Waals surface area contributed by atoms with Crippen molar-refractivity contribution in [3.63, 3.8) is 0 Å². The van der Waals surface area contributed by atoms with Crippen LogP contribution in [0.15, 0.2) is 188 Å². The molecule has 5 aromatic rings. The zero-order valence-electron chi connectivity index (χ0n) is 30.9. The molecule has 1 heterocycles. The zero-order valence-corrected chi connectivity index (χ0v) is 30.9. The molecule has 0 bridgehead atoms. The van der Waals surface area contributed by atoms with Crippen molar-refractivity contribution in [2.75, 3.05) is 11.4 Å². The summed E-state index contributed by atoms with van der Waals surface area (Å²) in [4.78, 5) is 2.55. The summed E-state index contributed by atoms with van der Waals surface area (Å²) >= 11 is 0. The average molecular weight is 712 g/mol. The van der Waals surface area contributed by atoms with E-state index < -0.39 is 0 Å². The quantitative estimate of drug-likeness (QED) is 0.169. The van der Waals surface area contributed by atoms with Crippen LogP contribution in [0, 0.1) is 11.8 Å². The van der Waals surface area contributed by atoms with Crippen LogP contribution in [0.1, 0.15) is 52.5 Å². The normalized spacial score (nSPS) is 22.5. The van der Waals surface area contributed by atoms with Crippen molar-refractivity contribution in [1.82, 2.24) is 5.32 Å². The summed E-state index contributed by atoms with van der Waals surface area (Å²) in [5, 5.41) is 6.49. The van der Waals surface area contributed by atoms with Gasteiger partial charge in [0.2, 0.25) is 0 Å². The van der Waals surface area contributed by atoms with Gasteiger partial charge in [-0.2, -0.15) is 0 Å². The van der Waals surface area contributed by atoms with E-state index in [1.54, 1.807) is 0 Å². The number of anilines is 1. The Morgan fingerprint density at radius 3 is 2.27 bits per heavy atom. The minimum atomic E-state index is -0.150. The van der Waals surface area contributed by atoms with Gasteiger partial charge in [0, 0.05) is 52.4 Å². The van der Waals surface area contributed by atoms with Gasteiger partial charge >= 0.3 is 0 Å². The first kappa shape index (κ1) is 33.4. The van der Waals surface area contributed by atoms with Gasteiger partial charge in [-0.3, -0.25) is 0 Å². The minimum absolute atomic E-state index is 0.150. The zero-order chi connectivity index (χ0) is 36.7. The molecule has 3 heteroatoms. The van der Waals surface area contributed by atoms with Crippen LogP contribution in [0.3, 0.4) is 0 Å². The first-order valence-corrected chi connectivity index (χ1v) is 19.8. The van der Waals surface area contributed by atoms with Crippen molar-refractivity contribution in [3.05, 3.63) is 226 Å². The lowest BCUT2D eigenvalue weighted by atomic mass is 9.69. The van der Waals surface area contributed by atoms with Crippen LogP contribution in [0.25, 0.3) is 28.6 Å². The Labute approximate surface area is 324 Å². The monoisotopic (exact) mass is 711 g/mol. The Kier molecular flexibility index (Phi) is 8.65. The van der Waals surface area contributed by atoms with E-state index in [4.69, 9.17) is 5.73 Å². The topological polar surface area (TPSA) is 41.3 Å². The number of benzene rings is 5. The fourth-order valence-corrected chi connectivity index (χ4v) is 9.51. The van der Waals surface area contributed by atoms with Gasteiger partial charge in [0.25, 0.3) is 0 Å². The second kappa shape index (κ2) is 14.2. The molecule has 0 saturated heterocycles. The number of nitrogens with two attached hydrogens (primary N) is 1. The smallest absolute Gasteiger partial charge is 0.0497 e. The summed E-state index contributed by atoms with van der Waals surface area (Å²) in [6, 6.07) is 48.2. The molecule has 5 atom stereocenters. The number of fused-ring (bicyclic) bond motifs is 8. The van der Waals surface area contributed by atoms with Crippen LogP contribution in [0.5, 0.6) is 0 Å². The van der Waals surface area contributed by atoms with Gasteiger partial charge in [-0.05, 0) is 87.1 Å². The van der Waals surface area contributed by atoms with Gasteiger partial charge in [0.1, 0.15) is 0 Å². The molecule has 5 aromatic carbocycles. The van der Waals surface area contributed by atoms with Crippen molar-refractivity contribution in [2.24, 2.45) is 17.6 Å². The predicted octanol–water partition coefficient (Wildman–Crippen LogP) is 9.45. The van der Waals surface area contributed by atoms with E-state index in [1.807, 2.05) is 0 Å². The average Bonchev–Trinajstić information content (AvgIpc) is 3.61. The number of hydrogen-bond acceptors (Lipinski definition) is 3. The van der Waals surface area contributed by atoms with Crippen molar-refractivity contribution in [2.45, 2.75) is 30.7 Å². The third-order valence-electron chi connectivity index (χ3n) is 12.2. The van der Waals surface area contributed by atoms with E-state index in [0.717, 1.165) is 30.6 Å². The number of rotatable bonds is 8. The van der Waals surface area contributed by atoms with Crippen LogP contribution >= 0.6 is 0 Å². The minimum Gasteiger partial charge on any atom is -0.384 e. The second-order valence-corrected chi connectivity index (χ2v) is 15.4. The standard InChI is InChI=1S/C52H45N3/c53-47(33-48(39-18-5-2-6-19-39)54-34-35-14-13-20-40(32-35)36-15-3-1-4-16-36)38-26-29-41(30-27-38)55-49-25-12-11-24-46(49)51-50-42-21-8-7-17-37(42)28-31-44(50)43-22-9-10-23-45(43)52(51)55/h1-26,28-31,33,35,38,47,50-51,54H,27,32,34,53H2/b48-33-. The molecule has 3 nitrogen and oxygen atoms in total. The Bertz CT molecular complexity index is 2590. The highest BCUT2D eigenvalue weighted by molar-refractivity contribution is 5.94. The molecule has 5 aliphatic rings. The maximum absolute atomic E-state index is 7.11. The number of hydrogen-bond donors (Lipinski definition) is 2. The fraction of sp³-hybridized carbons (Fsp3) is 0.154. The third kappa shape index (κ3) is 6.06. The summed E-state index contributed by atoms with van der Waals surface area (Å²) < 4.78 is 0. The van der Waals surface area contributed by atoms with Crippen LogP contribution < -0.4 is 26.4 Å². The Morgan fingerprint density at radius 1 is 0.727 bits per heavy atom. The molecular weight excluding hydrogens is 667 g/mol. The predicted molar refractivity (Wildman–Crippen MR) is 230 cm³/mol. The van der Waals surface area contributed by atoms with Crippen molar-refractivity contribution >= 4 is 34.3 Å². The van der Waals surface area contributed by atoms with Gasteiger partial charge in [-0.15, -0.1) is 0 Å². The number of nitrogens with zero attached hydrogens (tertiary/aromatic N) is 1. The molecule has 3 N–H and O–H groups in total. The summed E-state index contributed by atoms with van der Waals surface area (Å²) in [6.45, 7) is 0.842. The summed E-state index contributed by atoms with van der Waals surface area (Å²) in [5.41, 5.74) is 21.5. The van der Waals surface area contributed by atoms with Gasteiger partial charge in [0.05, 0.1) is 0 Å². The van der Waals surface area contributed by atoms with Gasteiger partial charge < -0.3 is 16.0 Å². The summed E-state index contributed by atoms with van der Waals surface area (Å²) in [7, 11) is 0. The fourth-order valence-electron chi connectivity index (χ4n) is 9.51. The van der Waals surface area contributed by atoms with E-state index in [0.29, 0.717) is 5.92 Å². The lowest BCUT2D eigenvalue weighted by molar-refractivity contribution is 0.573. The van der Waals surface area contributed by atoms with E-state index in [2.05, 4.69) is 198 Å². The van der Waals surface area contributed by atoms with Crippen LogP contribution in [0.2, 0.25) is 0 Å². The molecule has 268 valence electrons. The van der Waals surface area contributed by atoms with E-state index in [-0.39, 0.29) is 23.8 Å². The first-order valence-electron chi connectivity index (χ1n) is 19.8.